The Hall–Kier alpha value is -2.42. The molecule has 0 atom stereocenters. The molecule has 0 aliphatic carbocycles. The van der Waals surface area contributed by atoms with Crippen LogP contribution in [0, 0.1) is 5.41 Å². The van der Waals surface area contributed by atoms with Gasteiger partial charge in [0.25, 0.3) is 0 Å². The number of sulfonamides is 1. The summed E-state index contributed by atoms with van der Waals surface area (Å²) >= 11 is 0. The summed E-state index contributed by atoms with van der Waals surface area (Å²) in [6.07, 6.45) is 5.04. The number of amides is 1. The number of likely N-dealkylation sites (tertiary alicyclic amines) is 1. The fraction of sp³-hybridized carbons (Fsp3) is 0.519. The molecule has 8 heteroatoms. The Morgan fingerprint density at radius 2 is 1.63 bits per heavy atom. The predicted octanol–water partition coefficient (Wildman–Crippen LogP) is 4.12. The van der Waals surface area contributed by atoms with E-state index < -0.39 is 10.0 Å². The molecule has 2 aliphatic heterocycles. The van der Waals surface area contributed by atoms with Gasteiger partial charge in [-0.2, -0.15) is 4.31 Å². The SMILES string of the molecule is CC1(C)CCC2(CCN(CC(=O)Nc3ccc(OCc4ccccc4)cc3)CC2)CN1S(C)(=O)=O. The van der Waals surface area contributed by atoms with Crippen molar-refractivity contribution in [2.45, 2.75) is 51.7 Å². The van der Waals surface area contributed by atoms with Crippen LogP contribution in [0.2, 0.25) is 0 Å². The normalized spacial score (nSPS) is 20.4. The molecule has 0 unspecified atom stereocenters. The average molecular weight is 500 g/mol. The van der Waals surface area contributed by atoms with Crippen LogP contribution in [-0.2, 0) is 21.4 Å². The predicted molar refractivity (Wildman–Crippen MR) is 139 cm³/mol. The minimum absolute atomic E-state index is 0.0150. The molecule has 7 nitrogen and oxygen atoms in total. The van der Waals surface area contributed by atoms with E-state index in [4.69, 9.17) is 4.74 Å². The molecule has 1 amide bonds. The Kier molecular flexibility index (Phi) is 7.54. The van der Waals surface area contributed by atoms with Gasteiger partial charge >= 0.3 is 0 Å². The topological polar surface area (TPSA) is 79.0 Å². The number of benzene rings is 2. The van der Waals surface area contributed by atoms with E-state index in [9.17, 15) is 13.2 Å². The summed E-state index contributed by atoms with van der Waals surface area (Å²) in [5.74, 6) is 0.716. The fourth-order valence-electron chi connectivity index (χ4n) is 5.23. The zero-order valence-electron chi connectivity index (χ0n) is 21.0. The van der Waals surface area contributed by atoms with Crippen molar-refractivity contribution in [3.05, 3.63) is 60.2 Å². The van der Waals surface area contributed by atoms with Crippen LogP contribution in [0.4, 0.5) is 5.69 Å². The van der Waals surface area contributed by atoms with Crippen molar-refractivity contribution in [2.75, 3.05) is 37.8 Å². The van der Waals surface area contributed by atoms with Gasteiger partial charge in [0.2, 0.25) is 15.9 Å². The maximum absolute atomic E-state index is 12.6. The van der Waals surface area contributed by atoms with Crippen molar-refractivity contribution >= 4 is 21.6 Å². The zero-order chi connectivity index (χ0) is 25.1. The number of anilines is 1. The smallest absolute Gasteiger partial charge is 0.238 e. The number of rotatable bonds is 7. The molecule has 1 spiro atoms. The second-order valence-electron chi connectivity index (χ2n) is 10.7. The molecule has 2 aliphatic rings. The summed E-state index contributed by atoms with van der Waals surface area (Å²) in [5, 5.41) is 2.98. The molecule has 2 aromatic carbocycles. The molecule has 2 aromatic rings. The molecule has 1 N–H and O–H groups in total. The molecule has 190 valence electrons. The van der Waals surface area contributed by atoms with Crippen LogP contribution in [-0.4, -0.2) is 61.5 Å². The second-order valence-corrected chi connectivity index (χ2v) is 12.6. The summed E-state index contributed by atoms with van der Waals surface area (Å²) in [5.41, 5.74) is 1.53. The number of ether oxygens (including phenoxy) is 1. The van der Waals surface area contributed by atoms with Crippen LogP contribution >= 0.6 is 0 Å². The van der Waals surface area contributed by atoms with E-state index in [2.05, 4.69) is 10.2 Å². The highest BCUT2D eigenvalue weighted by Gasteiger charge is 2.47. The van der Waals surface area contributed by atoms with E-state index in [1.54, 1.807) is 4.31 Å². The van der Waals surface area contributed by atoms with Gasteiger partial charge in [0.05, 0.1) is 12.8 Å². The van der Waals surface area contributed by atoms with Gasteiger partial charge in [-0.3, -0.25) is 9.69 Å². The third-order valence-corrected chi connectivity index (χ3v) is 8.92. The van der Waals surface area contributed by atoms with Crippen molar-refractivity contribution in [1.82, 2.24) is 9.21 Å². The lowest BCUT2D eigenvalue weighted by Gasteiger charge is -2.52. The Balaban J connectivity index is 1.24. The Morgan fingerprint density at radius 3 is 2.26 bits per heavy atom. The minimum atomic E-state index is -3.25. The number of piperidine rings is 2. The molecule has 35 heavy (non-hydrogen) atoms. The first kappa shape index (κ1) is 25.7. The van der Waals surface area contributed by atoms with E-state index in [1.165, 1.54) is 6.26 Å². The van der Waals surface area contributed by atoms with Gasteiger partial charge < -0.3 is 10.1 Å². The summed E-state index contributed by atoms with van der Waals surface area (Å²) < 4.78 is 32.3. The first-order chi connectivity index (χ1) is 16.5. The van der Waals surface area contributed by atoms with Crippen molar-refractivity contribution in [3.63, 3.8) is 0 Å². The number of nitrogens with one attached hydrogen (secondary N) is 1. The summed E-state index contributed by atoms with van der Waals surface area (Å²) in [6.45, 7) is 7.06. The fourth-order valence-corrected chi connectivity index (χ4v) is 6.73. The van der Waals surface area contributed by atoms with Gasteiger partial charge in [-0.1, -0.05) is 30.3 Å². The van der Waals surface area contributed by atoms with Crippen molar-refractivity contribution in [2.24, 2.45) is 5.41 Å². The third-order valence-electron chi connectivity index (χ3n) is 7.49. The minimum Gasteiger partial charge on any atom is -0.489 e. The van der Waals surface area contributed by atoms with Crippen molar-refractivity contribution in [3.8, 4) is 5.75 Å². The van der Waals surface area contributed by atoms with Gasteiger partial charge in [0, 0.05) is 17.8 Å². The number of nitrogens with zero attached hydrogens (tertiary/aromatic N) is 2. The standard InChI is InChI=1S/C27H37N3O4S/c1-26(2)13-14-27(21-30(26)35(3,32)33)15-17-29(18-16-27)19-25(31)28-23-9-11-24(12-10-23)34-20-22-7-5-4-6-8-22/h4-12H,13-21H2,1-3H3,(H,28,31). The molecule has 2 fully saturated rings. The number of carbonyl (C=O) groups excluding carboxylic acids is 1. The average Bonchev–Trinajstić information content (AvgIpc) is 2.82. The van der Waals surface area contributed by atoms with Gasteiger partial charge in [-0.15, -0.1) is 0 Å². The molecule has 0 radical (unpaired) electrons. The number of hydrogen-bond donors (Lipinski definition) is 1. The summed E-state index contributed by atoms with van der Waals surface area (Å²) in [6, 6.07) is 17.4. The second kappa shape index (κ2) is 10.3. The molecular formula is C27H37N3O4S. The molecule has 2 heterocycles. The van der Waals surface area contributed by atoms with E-state index in [0.29, 0.717) is 19.7 Å². The molecule has 4 rings (SSSR count). The highest BCUT2D eigenvalue weighted by atomic mass is 32.2. The quantitative estimate of drug-likeness (QED) is 0.620. The summed E-state index contributed by atoms with van der Waals surface area (Å²) in [7, 11) is -3.25. The largest absolute Gasteiger partial charge is 0.489 e. The van der Waals surface area contributed by atoms with E-state index >= 15 is 0 Å². The van der Waals surface area contributed by atoms with Crippen LogP contribution in [0.1, 0.15) is 45.1 Å². The van der Waals surface area contributed by atoms with Crippen molar-refractivity contribution in [1.29, 1.82) is 0 Å². The highest BCUT2D eigenvalue weighted by molar-refractivity contribution is 7.88. The van der Waals surface area contributed by atoms with E-state index in [1.807, 2.05) is 68.4 Å². The van der Waals surface area contributed by atoms with E-state index in [0.717, 1.165) is 55.8 Å². The van der Waals surface area contributed by atoms with Crippen molar-refractivity contribution < 1.29 is 17.9 Å². The number of hydrogen-bond acceptors (Lipinski definition) is 5. The van der Waals surface area contributed by atoms with Gasteiger partial charge in [-0.25, -0.2) is 8.42 Å². The number of carbonyl (C=O) groups is 1. The maximum Gasteiger partial charge on any atom is 0.238 e. The van der Waals surface area contributed by atoms with Crippen LogP contribution in [0.25, 0.3) is 0 Å². The Morgan fingerprint density at radius 1 is 0.971 bits per heavy atom. The lowest BCUT2D eigenvalue weighted by molar-refractivity contribution is -0.118. The molecular weight excluding hydrogens is 462 g/mol. The first-order valence-electron chi connectivity index (χ1n) is 12.3. The lowest BCUT2D eigenvalue weighted by Crippen LogP contribution is -2.58. The Labute approximate surface area is 209 Å². The van der Waals surface area contributed by atoms with Gasteiger partial charge in [-0.05, 0) is 87.9 Å². The zero-order valence-corrected chi connectivity index (χ0v) is 21.8. The van der Waals surface area contributed by atoms with Crippen LogP contribution in [0.15, 0.2) is 54.6 Å². The van der Waals surface area contributed by atoms with Gasteiger partial charge in [0.1, 0.15) is 12.4 Å². The molecule has 0 saturated carbocycles. The molecule has 0 bridgehead atoms. The molecule has 0 aromatic heterocycles. The monoisotopic (exact) mass is 499 g/mol. The van der Waals surface area contributed by atoms with E-state index in [-0.39, 0.29) is 16.9 Å². The maximum atomic E-state index is 12.6. The third kappa shape index (κ3) is 6.63. The first-order valence-corrected chi connectivity index (χ1v) is 14.2. The Bertz CT molecular complexity index is 1110. The summed E-state index contributed by atoms with van der Waals surface area (Å²) in [4.78, 5) is 14.8. The van der Waals surface area contributed by atoms with Gasteiger partial charge in [0.15, 0.2) is 0 Å². The van der Waals surface area contributed by atoms with Crippen LogP contribution in [0.5, 0.6) is 5.75 Å². The van der Waals surface area contributed by atoms with Crippen LogP contribution < -0.4 is 10.1 Å². The lowest BCUT2D eigenvalue weighted by atomic mass is 9.69. The molecule has 2 saturated heterocycles. The van der Waals surface area contributed by atoms with Crippen LogP contribution in [0.3, 0.4) is 0 Å². The highest BCUT2D eigenvalue weighted by Crippen LogP contribution is 2.45.